The van der Waals surface area contributed by atoms with E-state index in [-0.39, 0.29) is 6.10 Å². The van der Waals surface area contributed by atoms with Gasteiger partial charge in [0.2, 0.25) is 0 Å². The summed E-state index contributed by atoms with van der Waals surface area (Å²) in [6.07, 6.45) is 4.99. The molecule has 0 aromatic heterocycles. The van der Waals surface area contributed by atoms with E-state index in [9.17, 15) is 5.11 Å². The third kappa shape index (κ3) is 3.83. The molecule has 0 unspecified atom stereocenters. The molecule has 0 saturated heterocycles. The molecule has 2 heteroatoms. The Kier molecular flexibility index (Phi) is 4.57. The van der Waals surface area contributed by atoms with Crippen LogP contribution in [0.5, 0.6) is 0 Å². The maximum Gasteiger partial charge on any atom is 0.128 e. The Labute approximate surface area is 104 Å². The zero-order chi connectivity index (χ0) is 12.1. The SMILES string of the molecule is CC1CCC([NH2+]C[C@H](O)c2ccccc2)CC1. The summed E-state index contributed by atoms with van der Waals surface area (Å²) in [6.45, 7) is 3.14. The van der Waals surface area contributed by atoms with Crippen molar-refractivity contribution in [3.05, 3.63) is 35.9 Å². The number of nitrogens with two attached hydrogens (primary N) is 1. The van der Waals surface area contributed by atoms with Crippen LogP contribution in [0.15, 0.2) is 30.3 Å². The van der Waals surface area contributed by atoms with E-state index < -0.39 is 0 Å². The fourth-order valence-electron chi connectivity index (χ4n) is 2.65. The molecule has 1 aliphatic carbocycles. The lowest BCUT2D eigenvalue weighted by Gasteiger charge is -2.25. The molecule has 2 nitrogen and oxygen atoms in total. The van der Waals surface area contributed by atoms with Gasteiger partial charge in [0.25, 0.3) is 0 Å². The average molecular weight is 234 g/mol. The summed E-state index contributed by atoms with van der Waals surface area (Å²) < 4.78 is 0. The van der Waals surface area contributed by atoms with Crippen LogP contribution >= 0.6 is 0 Å². The second-order valence-corrected chi connectivity index (χ2v) is 5.42. The van der Waals surface area contributed by atoms with Crippen LogP contribution in [0.1, 0.15) is 44.3 Å². The lowest BCUT2D eigenvalue weighted by Crippen LogP contribution is -2.91. The van der Waals surface area contributed by atoms with Gasteiger partial charge in [0.15, 0.2) is 0 Å². The number of quaternary nitrogens is 1. The van der Waals surface area contributed by atoms with Gasteiger partial charge in [-0.15, -0.1) is 0 Å². The number of aliphatic hydroxyl groups is 1. The minimum atomic E-state index is -0.324. The van der Waals surface area contributed by atoms with Crippen molar-refractivity contribution in [1.82, 2.24) is 0 Å². The van der Waals surface area contributed by atoms with Crippen LogP contribution in [0.25, 0.3) is 0 Å². The molecule has 2 rings (SSSR count). The van der Waals surface area contributed by atoms with Gasteiger partial charge in [0.1, 0.15) is 12.6 Å². The predicted molar refractivity (Wildman–Crippen MR) is 69.6 cm³/mol. The van der Waals surface area contributed by atoms with Crippen LogP contribution < -0.4 is 5.32 Å². The molecular formula is C15H24NO+. The molecule has 1 atom stereocenters. The van der Waals surface area contributed by atoms with Gasteiger partial charge in [-0.3, -0.25) is 0 Å². The molecule has 0 aliphatic heterocycles. The Balaban J connectivity index is 1.75. The first-order valence-electron chi connectivity index (χ1n) is 6.82. The number of hydrogen-bond acceptors (Lipinski definition) is 1. The third-order valence-corrected chi connectivity index (χ3v) is 3.94. The molecule has 1 fully saturated rings. The monoisotopic (exact) mass is 234 g/mol. The first-order chi connectivity index (χ1) is 8.25. The van der Waals surface area contributed by atoms with Gasteiger partial charge in [0, 0.05) is 0 Å². The molecular weight excluding hydrogens is 210 g/mol. The summed E-state index contributed by atoms with van der Waals surface area (Å²) in [7, 11) is 0. The molecule has 0 spiro atoms. The molecule has 0 amide bonds. The highest BCUT2D eigenvalue weighted by molar-refractivity contribution is 5.16. The van der Waals surface area contributed by atoms with Crippen molar-refractivity contribution in [3.8, 4) is 0 Å². The first-order valence-corrected chi connectivity index (χ1v) is 6.82. The van der Waals surface area contributed by atoms with Crippen LogP contribution in [-0.4, -0.2) is 17.7 Å². The van der Waals surface area contributed by atoms with Crippen LogP contribution in [0.4, 0.5) is 0 Å². The van der Waals surface area contributed by atoms with Crippen LogP contribution in [0, 0.1) is 5.92 Å². The van der Waals surface area contributed by atoms with Gasteiger partial charge in [-0.25, -0.2) is 0 Å². The zero-order valence-electron chi connectivity index (χ0n) is 10.7. The second-order valence-electron chi connectivity index (χ2n) is 5.42. The van der Waals surface area contributed by atoms with E-state index in [1.807, 2.05) is 30.3 Å². The third-order valence-electron chi connectivity index (χ3n) is 3.94. The summed E-state index contributed by atoms with van der Waals surface area (Å²) in [5.74, 6) is 0.902. The number of rotatable bonds is 4. The molecule has 94 valence electrons. The van der Waals surface area contributed by atoms with Crippen molar-refractivity contribution in [2.75, 3.05) is 6.54 Å². The molecule has 1 saturated carbocycles. The Hall–Kier alpha value is -0.860. The predicted octanol–water partition coefficient (Wildman–Crippen LogP) is 1.86. The van der Waals surface area contributed by atoms with Crippen molar-refractivity contribution >= 4 is 0 Å². The highest BCUT2D eigenvalue weighted by Gasteiger charge is 2.21. The van der Waals surface area contributed by atoms with Crippen LogP contribution in [-0.2, 0) is 0 Å². The van der Waals surface area contributed by atoms with Gasteiger partial charge in [-0.2, -0.15) is 0 Å². The first kappa shape index (κ1) is 12.6. The lowest BCUT2D eigenvalue weighted by atomic mass is 9.87. The maximum absolute atomic E-state index is 10.1. The Bertz CT molecular complexity index is 317. The van der Waals surface area contributed by atoms with E-state index in [1.54, 1.807) is 0 Å². The van der Waals surface area contributed by atoms with E-state index in [0.29, 0.717) is 0 Å². The maximum atomic E-state index is 10.1. The molecule has 0 radical (unpaired) electrons. The lowest BCUT2D eigenvalue weighted by molar-refractivity contribution is -0.698. The number of benzene rings is 1. The minimum absolute atomic E-state index is 0.324. The fraction of sp³-hybridized carbons (Fsp3) is 0.600. The Morgan fingerprint density at radius 3 is 2.47 bits per heavy atom. The highest BCUT2D eigenvalue weighted by Crippen LogP contribution is 2.21. The molecule has 1 aromatic rings. The smallest absolute Gasteiger partial charge is 0.128 e. The standard InChI is InChI=1S/C15H23NO/c1-12-7-9-14(10-8-12)16-11-15(17)13-5-3-2-4-6-13/h2-6,12,14-17H,7-11H2,1H3/p+1/t12?,14?,15-/m0/s1. The van der Waals surface area contributed by atoms with E-state index in [1.165, 1.54) is 25.7 Å². The Morgan fingerprint density at radius 2 is 1.82 bits per heavy atom. The average Bonchev–Trinajstić information content (AvgIpc) is 2.39. The van der Waals surface area contributed by atoms with Gasteiger partial charge >= 0.3 is 0 Å². The summed E-state index contributed by atoms with van der Waals surface area (Å²) in [5.41, 5.74) is 1.04. The largest absolute Gasteiger partial charge is 0.382 e. The van der Waals surface area contributed by atoms with Crippen molar-refractivity contribution < 1.29 is 10.4 Å². The summed E-state index contributed by atoms with van der Waals surface area (Å²) in [4.78, 5) is 0. The summed E-state index contributed by atoms with van der Waals surface area (Å²) >= 11 is 0. The van der Waals surface area contributed by atoms with Gasteiger partial charge in [-0.05, 0) is 37.2 Å². The number of aliphatic hydroxyl groups excluding tert-OH is 1. The number of hydrogen-bond donors (Lipinski definition) is 2. The molecule has 0 bridgehead atoms. The highest BCUT2D eigenvalue weighted by atomic mass is 16.3. The van der Waals surface area contributed by atoms with Crippen LogP contribution in [0.3, 0.4) is 0 Å². The van der Waals surface area contributed by atoms with Crippen molar-refractivity contribution in [2.24, 2.45) is 5.92 Å². The quantitative estimate of drug-likeness (QED) is 0.820. The van der Waals surface area contributed by atoms with E-state index >= 15 is 0 Å². The second kappa shape index (κ2) is 6.18. The van der Waals surface area contributed by atoms with E-state index in [4.69, 9.17) is 0 Å². The van der Waals surface area contributed by atoms with Gasteiger partial charge in [0.05, 0.1) is 6.04 Å². The van der Waals surface area contributed by atoms with Gasteiger partial charge < -0.3 is 10.4 Å². The van der Waals surface area contributed by atoms with E-state index in [0.717, 1.165) is 24.1 Å². The molecule has 1 aromatic carbocycles. The van der Waals surface area contributed by atoms with E-state index in [2.05, 4.69) is 12.2 Å². The normalized spacial score (nSPS) is 26.7. The molecule has 17 heavy (non-hydrogen) atoms. The Morgan fingerprint density at radius 1 is 1.18 bits per heavy atom. The van der Waals surface area contributed by atoms with Crippen molar-refractivity contribution in [1.29, 1.82) is 0 Å². The minimum Gasteiger partial charge on any atom is -0.382 e. The van der Waals surface area contributed by atoms with Crippen LogP contribution in [0.2, 0.25) is 0 Å². The van der Waals surface area contributed by atoms with Crippen molar-refractivity contribution in [2.45, 2.75) is 44.8 Å². The zero-order valence-corrected chi connectivity index (χ0v) is 10.7. The topological polar surface area (TPSA) is 36.8 Å². The van der Waals surface area contributed by atoms with Crippen molar-refractivity contribution in [3.63, 3.8) is 0 Å². The summed E-state index contributed by atoms with van der Waals surface area (Å²) in [5, 5.41) is 12.4. The molecule has 0 heterocycles. The fourth-order valence-corrected chi connectivity index (χ4v) is 2.65. The molecule has 1 aliphatic rings. The summed E-state index contributed by atoms with van der Waals surface area (Å²) in [6, 6.07) is 10.7. The van der Waals surface area contributed by atoms with Gasteiger partial charge in [-0.1, -0.05) is 37.3 Å². The molecule has 3 N–H and O–H groups in total.